The molecule has 0 saturated heterocycles. The molecule has 0 fully saturated rings. The van der Waals surface area contributed by atoms with Crippen molar-refractivity contribution in [1.82, 2.24) is 10.6 Å². The van der Waals surface area contributed by atoms with Crippen molar-refractivity contribution < 1.29 is 66.3 Å². The predicted molar refractivity (Wildman–Crippen MR) is 233 cm³/mol. The third kappa shape index (κ3) is 14.0. The second-order valence-corrected chi connectivity index (χ2v) is 25.1. The molecule has 2 aromatic carbocycles. The van der Waals surface area contributed by atoms with Gasteiger partial charge in [0.2, 0.25) is 0 Å². The predicted octanol–water partition coefficient (Wildman–Crippen LogP) is 7.29. The average Bonchev–Trinajstić information content (AvgIpc) is 3.74. The molecule has 0 spiro atoms. The number of fused-ring (bicyclic) bond motifs is 2. The highest BCUT2D eigenvalue weighted by Crippen LogP contribution is 2.47. The zero-order valence-corrected chi connectivity index (χ0v) is 39.7. The van der Waals surface area contributed by atoms with Crippen LogP contribution in [0.3, 0.4) is 0 Å². The number of allylic oxidation sites excluding steroid dienone is 2. The van der Waals surface area contributed by atoms with Crippen LogP contribution in [0.1, 0.15) is 81.8 Å². The van der Waals surface area contributed by atoms with E-state index in [1.54, 1.807) is 40.9 Å². The number of hydrogen-bond donors (Lipinski definition) is 5. The van der Waals surface area contributed by atoms with Gasteiger partial charge in [0.15, 0.2) is 0 Å². The summed E-state index contributed by atoms with van der Waals surface area (Å²) in [6.45, 7) is 20.4. The van der Waals surface area contributed by atoms with Crippen LogP contribution in [0.2, 0.25) is 25.7 Å². The number of nitrogens with one attached hydrogen (secondary N) is 2. The number of phenols is 1. The molecule has 0 amide bonds. The van der Waals surface area contributed by atoms with Crippen molar-refractivity contribution in [3.63, 3.8) is 0 Å². The van der Waals surface area contributed by atoms with Crippen molar-refractivity contribution in [2.45, 2.75) is 93.3 Å². The Morgan fingerprint density at radius 1 is 0.767 bits per heavy atom. The third-order valence-corrected chi connectivity index (χ3v) is 14.0. The van der Waals surface area contributed by atoms with E-state index < -0.39 is 35.5 Å². The van der Waals surface area contributed by atoms with E-state index in [2.05, 4.69) is 36.4 Å². The second-order valence-electron chi connectivity index (χ2n) is 15.8. The highest BCUT2D eigenvalue weighted by molar-refractivity contribution is 7.53. The Labute approximate surface area is 355 Å². The molecule has 0 radical (unpaired) electrons. The number of carbonyl (C=O) groups is 2. The van der Waals surface area contributed by atoms with Gasteiger partial charge in [0, 0.05) is 43.4 Å². The topological polar surface area (TPSA) is 218 Å². The maximum atomic E-state index is 12.6. The minimum atomic E-state index is -4.09. The molecule has 0 bridgehead atoms. The van der Waals surface area contributed by atoms with Gasteiger partial charge in [-0.3, -0.25) is 9.13 Å². The van der Waals surface area contributed by atoms with Crippen LogP contribution in [0.25, 0.3) is 0 Å². The highest BCUT2D eigenvalue weighted by atomic mass is 31.2. The summed E-state index contributed by atoms with van der Waals surface area (Å²) in [5.74, 6) is 0.745. The highest BCUT2D eigenvalue weighted by Gasteiger charge is 2.34. The summed E-state index contributed by atoms with van der Waals surface area (Å²) < 4.78 is 61.9. The van der Waals surface area contributed by atoms with Gasteiger partial charge in [0.05, 0.1) is 46.6 Å². The molecule has 5 N–H and O–H groups in total. The minimum absolute atomic E-state index is 0.116. The Kier molecular flexibility index (Phi) is 19.1. The van der Waals surface area contributed by atoms with Crippen molar-refractivity contribution >= 4 is 35.2 Å². The lowest BCUT2D eigenvalue weighted by atomic mass is 9.95. The fourth-order valence-electron chi connectivity index (χ4n) is 6.66. The van der Waals surface area contributed by atoms with Gasteiger partial charge in [-0.2, -0.15) is 0 Å². The number of cyclic esters (lactones) is 2. The molecule has 19 heteroatoms. The van der Waals surface area contributed by atoms with E-state index in [0.29, 0.717) is 73.9 Å². The smallest absolute Gasteiger partial charge is 0.344 e. The fourth-order valence-corrected chi connectivity index (χ4v) is 9.21. The van der Waals surface area contributed by atoms with Gasteiger partial charge in [-0.25, -0.2) is 9.59 Å². The van der Waals surface area contributed by atoms with E-state index in [4.69, 9.17) is 42.5 Å². The standard InChI is InChI=1S/C25H42NO7PSi.C16H22NO7P/c1-9-32-34(28,33-10-2)17-26-15-18(3)11-12-20-23(29-5)19(4)21-16-31-25(27)22(21)24(20)30-13-14-35(6,7)8;1-9(6-17-8-25(20,21)22)4-5-11-14(18)13-12(7-24-16(13)19)10(2)15(11)23-3/h11,26H,9-10,12-17H2,1-8H3;4,17-18H,5-8H2,1-3H3,(H2,20,21,22)/b18-11+;9-4+. The lowest BCUT2D eigenvalue weighted by Gasteiger charge is -2.21. The number of hydrogen-bond acceptors (Lipinski definition) is 14. The first-order valence-corrected chi connectivity index (χ1v) is 27.1. The molecule has 2 aliphatic rings. The Bertz CT molecular complexity index is 2010. The van der Waals surface area contributed by atoms with Gasteiger partial charge in [0.1, 0.15) is 47.3 Å². The van der Waals surface area contributed by atoms with Gasteiger partial charge in [0.25, 0.3) is 0 Å². The third-order valence-electron chi connectivity index (χ3n) is 9.76. The number of aromatic hydroxyl groups is 1. The van der Waals surface area contributed by atoms with Crippen LogP contribution in [0.4, 0.5) is 0 Å². The van der Waals surface area contributed by atoms with Crippen LogP contribution in [0.15, 0.2) is 23.3 Å². The normalized spacial score (nSPS) is 14.3. The van der Waals surface area contributed by atoms with Gasteiger partial charge >= 0.3 is 27.1 Å². The Morgan fingerprint density at radius 3 is 1.72 bits per heavy atom. The maximum absolute atomic E-state index is 12.6. The molecule has 16 nitrogen and oxygen atoms in total. The molecule has 0 aliphatic carbocycles. The monoisotopic (exact) mass is 898 g/mol. The van der Waals surface area contributed by atoms with E-state index in [1.807, 2.05) is 13.8 Å². The number of carbonyl (C=O) groups excluding carboxylic acids is 2. The van der Waals surface area contributed by atoms with E-state index in [0.717, 1.165) is 45.2 Å². The van der Waals surface area contributed by atoms with Crippen LogP contribution in [-0.2, 0) is 53.7 Å². The van der Waals surface area contributed by atoms with E-state index in [1.165, 1.54) is 7.11 Å². The molecule has 2 aliphatic heterocycles. The average molecular weight is 899 g/mol. The van der Waals surface area contributed by atoms with Crippen LogP contribution < -0.4 is 24.8 Å². The number of ether oxygens (including phenoxy) is 5. The lowest BCUT2D eigenvalue weighted by Crippen LogP contribution is -2.23. The molecule has 4 rings (SSSR count). The van der Waals surface area contributed by atoms with Crippen molar-refractivity contribution in [3.05, 3.63) is 67.8 Å². The van der Waals surface area contributed by atoms with E-state index in [9.17, 15) is 23.8 Å². The molecule has 60 heavy (non-hydrogen) atoms. The summed E-state index contributed by atoms with van der Waals surface area (Å²) >= 11 is 0. The van der Waals surface area contributed by atoms with Crippen molar-refractivity contribution in [3.8, 4) is 23.0 Å². The number of phenolic OH excluding ortho intramolecular Hbond substituents is 1. The first-order chi connectivity index (χ1) is 28.1. The molecule has 2 aromatic rings. The quantitative estimate of drug-likeness (QED) is 0.0339. The van der Waals surface area contributed by atoms with Gasteiger partial charge in [-0.05, 0) is 71.6 Å². The Hall–Kier alpha value is -3.50. The zero-order valence-electron chi connectivity index (χ0n) is 36.9. The molecule has 0 atom stereocenters. The summed E-state index contributed by atoms with van der Waals surface area (Å²) in [7, 11) is -5.43. The molecule has 0 aromatic heterocycles. The molecular weight excluding hydrogens is 834 g/mol. The van der Waals surface area contributed by atoms with E-state index >= 15 is 0 Å². The lowest BCUT2D eigenvalue weighted by molar-refractivity contribution is 0.0523. The van der Waals surface area contributed by atoms with Gasteiger partial charge in [-0.15, -0.1) is 0 Å². The summed E-state index contributed by atoms with van der Waals surface area (Å²) in [4.78, 5) is 42.1. The van der Waals surface area contributed by atoms with Crippen molar-refractivity contribution in [1.29, 1.82) is 0 Å². The first kappa shape index (κ1) is 50.9. The van der Waals surface area contributed by atoms with E-state index in [-0.39, 0.29) is 36.8 Å². The molecule has 336 valence electrons. The van der Waals surface area contributed by atoms with Crippen LogP contribution in [-0.4, -0.2) is 94.6 Å². The molecule has 0 saturated carbocycles. The Balaban J connectivity index is 0.000000338. The number of rotatable bonds is 22. The largest absolute Gasteiger partial charge is 0.507 e. The summed E-state index contributed by atoms with van der Waals surface area (Å²) in [6, 6.07) is 0.977. The first-order valence-electron chi connectivity index (χ1n) is 19.9. The summed E-state index contributed by atoms with van der Waals surface area (Å²) in [6.07, 6.45) is 4.42. The molecule has 2 heterocycles. The molecule has 0 unspecified atom stereocenters. The minimum Gasteiger partial charge on any atom is -0.507 e. The van der Waals surface area contributed by atoms with Crippen molar-refractivity contribution in [2.75, 3.05) is 59.7 Å². The summed E-state index contributed by atoms with van der Waals surface area (Å²) in [5.41, 5.74) is 7.01. The maximum Gasteiger partial charge on any atom is 0.344 e. The van der Waals surface area contributed by atoms with Gasteiger partial charge < -0.3 is 58.3 Å². The SMILES string of the molecule is CCOP(=O)(CNC/C(C)=C/Cc1c(OC)c(C)c2c(c1OCC[Si](C)(C)C)C(=O)OC2)OCC.COc1c(C)c2c(c(O)c1C/C=C(\C)CNCP(=O)(O)O)C(=O)OC2. The fraction of sp³-hybridized carbons (Fsp3) is 0.561. The van der Waals surface area contributed by atoms with Crippen LogP contribution >= 0.6 is 15.2 Å². The number of esters is 2. The number of methoxy groups -OCH3 is 2. The van der Waals surface area contributed by atoms with Gasteiger partial charge in [-0.1, -0.05) is 42.9 Å². The van der Waals surface area contributed by atoms with Crippen LogP contribution in [0.5, 0.6) is 23.0 Å². The number of benzene rings is 2. The van der Waals surface area contributed by atoms with Crippen LogP contribution in [0, 0.1) is 13.8 Å². The second kappa shape index (κ2) is 22.5. The Morgan fingerprint density at radius 2 is 1.23 bits per heavy atom. The molecular formula is C41H64N2O14P2Si. The zero-order chi connectivity index (χ0) is 45.0. The summed E-state index contributed by atoms with van der Waals surface area (Å²) in [5, 5.41) is 16.3. The van der Waals surface area contributed by atoms with Crippen molar-refractivity contribution in [2.24, 2.45) is 0 Å².